The Morgan fingerprint density at radius 1 is 2.00 bits per heavy atom. The number of aliphatic hydroxyl groups excluding tert-OH is 1. The number of hydrogen-bond acceptors (Lipinski definition) is 4. The van der Waals surface area contributed by atoms with E-state index in [1.807, 2.05) is 6.07 Å². The maximum absolute atomic E-state index is 8.67. The summed E-state index contributed by atoms with van der Waals surface area (Å²) in [7, 11) is 0. The molecular formula is C4H4N2OS. The molecular weight excluding hydrogens is 124 g/mol. The normalized spacial score (nSPS) is 27.0. The Kier molecular flexibility index (Phi) is 1.51. The molecule has 0 fully saturated rings. The zero-order valence-corrected chi connectivity index (χ0v) is 4.85. The lowest BCUT2D eigenvalue weighted by Crippen LogP contribution is -1.98. The van der Waals surface area contributed by atoms with Gasteiger partial charge in [-0.25, -0.2) is 4.99 Å². The minimum Gasteiger partial charge on any atom is -0.371 e. The zero-order valence-electron chi connectivity index (χ0n) is 4.03. The maximum Gasteiger partial charge on any atom is 0.171 e. The molecule has 1 N–H and O–H groups in total. The minimum atomic E-state index is -0.644. The standard InChI is InChI=1S/C4H4N2OS/c5-1-4-6-3(7)2-8-4/h3,7H,2H2. The molecule has 0 amide bonds. The van der Waals surface area contributed by atoms with Crippen molar-refractivity contribution in [3.63, 3.8) is 0 Å². The van der Waals surface area contributed by atoms with Crippen LogP contribution in [-0.4, -0.2) is 22.1 Å². The molecule has 3 nitrogen and oxygen atoms in total. The summed E-state index contributed by atoms with van der Waals surface area (Å²) in [6.07, 6.45) is -0.644. The van der Waals surface area contributed by atoms with Crippen LogP contribution in [-0.2, 0) is 0 Å². The van der Waals surface area contributed by atoms with Crippen LogP contribution in [0.5, 0.6) is 0 Å². The fourth-order valence-electron chi connectivity index (χ4n) is 0.424. The zero-order chi connectivity index (χ0) is 5.98. The van der Waals surface area contributed by atoms with E-state index >= 15 is 0 Å². The first-order valence-electron chi connectivity index (χ1n) is 2.11. The highest BCUT2D eigenvalue weighted by Gasteiger charge is 2.13. The highest BCUT2D eigenvalue weighted by molar-refractivity contribution is 8.14. The summed E-state index contributed by atoms with van der Waals surface area (Å²) in [5, 5.41) is 17.2. The van der Waals surface area contributed by atoms with Gasteiger partial charge in [-0.15, -0.1) is 0 Å². The van der Waals surface area contributed by atoms with E-state index in [2.05, 4.69) is 4.99 Å². The summed E-state index contributed by atoms with van der Waals surface area (Å²) in [4.78, 5) is 3.58. The number of nitriles is 1. The van der Waals surface area contributed by atoms with Crippen LogP contribution in [0.15, 0.2) is 4.99 Å². The van der Waals surface area contributed by atoms with Crippen molar-refractivity contribution in [1.29, 1.82) is 5.26 Å². The Labute approximate surface area is 51.0 Å². The number of nitrogens with zero attached hydrogens (tertiary/aromatic N) is 2. The molecule has 1 unspecified atom stereocenters. The summed E-state index contributed by atoms with van der Waals surface area (Å²) in [6, 6.07) is 1.85. The first kappa shape index (κ1) is 5.60. The molecule has 0 spiro atoms. The van der Waals surface area contributed by atoms with Crippen molar-refractivity contribution in [2.45, 2.75) is 6.23 Å². The summed E-state index contributed by atoms with van der Waals surface area (Å²) in [5.74, 6) is 0.531. The average Bonchev–Trinajstić information content (AvgIpc) is 2.14. The van der Waals surface area contributed by atoms with Crippen LogP contribution in [0.2, 0.25) is 0 Å². The van der Waals surface area contributed by atoms with Gasteiger partial charge in [0.15, 0.2) is 11.3 Å². The highest BCUT2D eigenvalue weighted by Crippen LogP contribution is 2.14. The van der Waals surface area contributed by atoms with E-state index in [4.69, 9.17) is 10.4 Å². The largest absolute Gasteiger partial charge is 0.371 e. The van der Waals surface area contributed by atoms with Crippen LogP contribution >= 0.6 is 11.8 Å². The predicted octanol–water partition coefficient (Wildman–Crippen LogP) is -0.0263. The molecule has 1 aliphatic rings. The number of hydrogen-bond donors (Lipinski definition) is 1. The topological polar surface area (TPSA) is 56.4 Å². The van der Waals surface area contributed by atoms with E-state index in [0.717, 1.165) is 0 Å². The molecule has 8 heavy (non-hydrogen) atoms. The van der Waals surface area contributed by atoms with Gasteiger partial charge in [-0.2, -0.15) is 5.26 Å². The van der Waals surface area contributed by atoms with E-state index in [9.17, 15) is 0 Å². The third kappa shape index (κ3) is 0.997. The van der Waals surface area contributed by atoms with E-state index in [1.165, 1.54) is 11.8 Å². The lowest BCUT2D eigenvalue weighted by molar-refractivity contribution is 0.213. The summed E-state index contributed by atoms with van der Waals surface area (Å²) < 4.78 is 0. The van der Waals surface area contributed by atoms with E-state index in [-0.39, 0.29) is 0 Å². The van der Waals surface area contributed by atoms with Crippen LogP contribution in [0, 0.1) is 11.3 Å². The lowest BCUT2D eigenvalue weighted by atomic mass is 10.7. The smallest absolute Gasteiger partial charge is 0.171 e. The molecule has 0 aliphatic carbocycles. The van der Waals surface area contributed by atoms with Crippen molar-refractivity contribution in [2.75, 3.05) is 5.75 Å². The van der Waals surface area contributed by atoms with Gasteiger partial charge in [0.05, 0.1) is 0 Å². The van der Waals surface area contributed by atoms with E-state index < -0.39 is 6.23 Å². The van der Waals surface area contributed by atoms with Crippen LogP contribution in [0.3, 0.4) is 0 Å². The lowest BCUT2D eigenvalue weighted by Gasteiger charge is -1.87. The fourth-order valence-corrected chi connectivity index (χ4v) is 1.07. The minimum absolute atomic E-state index is 0.387. The van der Waals surface area contributed by atoms with Gasteiger partial charge in [0.1, 0.15) is 6.07 Å². The second kappa shape index (κ2) is 2.16. The molecule has 0 saturated heterocycles. The molecule has 1 heterocycles. The molecule has 1 aliphatic heterocycles. The number of aliphatic hydroxyl groups is 1. The molecule has 4 heteroatoms. The molecule has 1 atom stereocenters. The highest BCUT2D eigenvalue weighted by atomic mass is 32.2. The predicted molar refractivity (Wildman–Crippen MR) is 31.5 cm³/mol. The molecule has 0 radical (unpaired) electrons. The average molecular weight is 128 g/mol. The van der Waals surface area contributed by atoms with Crippen molar-refractivity contribution in [3.05, 3.63) is 0 Å². The third-order valence-corrected chi connectivity index (χ3v) is 1.67. The van der Waals surface area contributed by atoms with Crippen molar-refractivity contribution >= 4 is 16.8 Å². The second-order valence-corrected chi connectivity index (χ2v) is 2.35. The fraction of sp³-hybridized carbons (Fsp3) is 0.500. The summed E-state index contributed by atoms with van der Waals surface area (Å²) >= 11 is 1.29. The molecule has 42 valence electrons. The van der Waals surface area contributed by atoms with Gasteiger partial charge in [-0.05, 0) is 0 Å². The Morgan fingerprint density at radius 3 is 3.00 bits per heavy atom. The number of rotatable bonds is 0. The van der Waals surface area contributed by atoms with Crippen molar-refractivity contribution in [3.8, 4) is 6.07 Å². The van der Waals surface area contributed by atoms with Crippen molar-refractivity contribution < 1.29 is 5.11 Å². The molecule has 0 aromatic carbocycles. The molecule has 0 saturated carbocycles. The van der Waals surface area contributed by atoms with Gasteiger partial charge in [0.25, 0.3) is 0 Å². The van der Waals surface area contributed by atoms with Crippen LogP contribution in [0.4, 0.5) is 0 Å². The van der Waals surface area contributed by atoms with Gasteiger partial charge in [-0.3, -0.25) is 0 Å². The summed E-state index contributed by atoms with van der Waals surface area (Å²) in [5.41, 5.74) is 0. The first-order chi connectivity index (χ1) is 3.83. The second-order valence-electron chi connectivity index (χ2n) is 1.34. The van der Waals surface area contributed by atoms with Crippen LogP contribution in [0.1, 0.15) is 0 Å². The van der Waals surface area contributed by atoms with Crippen molar-refractivity contribution in [2.24, 2.45) is 4.99 Å². The summed E-state index contributed by atoms with van der Waals surface area (Å²) in [6.45, 7) is 0. The maximum atomic E-state index is 8.67. The van der Waals surface area contributed by atoms with Crippen molar-refractivity contribution in [1.82, 2.24) is 0 Å². The molecule has 0 bridgehead atoms. The van der Waals surface area contributed by atoms with Gasteiger partial charge >= 0.3 is 0 Å². The molecule has 1 rings (SSSR count). The Bertz CT molecular complexity index is 160. The molecule has 0 aromatic rings. The van der Waals surface area contributed by atoms with E-state index in [1.54, 1.807) is 0 Å². The van der Waals surface area contributed by atoms with Gasteiger partial charge in [0.2, 0.25) is 0 Å². The number of thioether (sulfide) groups is 1. The van der Waals surface area contributed by atoms with Gasteiger partial charge in [0, 0.05) is 5.75 Å². The first-order valence-corrected chi connectivity index (χ1v) is 3.10. The van der Waals surface area contributed by atoms with E-state index in [0.29, 0.717) is 10.8 Å². The van der Waals surface area contributed by atoms with Crippen LogP contribution in [0.25, 0.3) is 0 Å². The quantitative estimate of drug-likeness (QED) is 0.498. The Morgan fingerprint density at radius 2 is 2.75 bits per heavy atom. The monoisotopic (exact) mass is 128 g/mol. The molecule has 0 aromatic heterocycles. The van der Waals surface area contributed by atoms with Crippen LogP contribution < -0.4 is 0 Å². The number of aliphatic imine (C=N–C) groups is 1. The Hall–Kier alpha value is -0.530. The Balaban J connectivity index is 2.61. The SMILES string of the molecule is N#CC1=NC(O)CS1. The van der Waals surface area contributed by atoms with Gasteiger partial charge in [-0.1, -0.05) is 11.8 Å². The van der Waals surface area contributed by atoms with Gasteiger partial charge < -0.3 is 5.11 Å². The third-order valence-electron chi connectivity index (χ3n) is 0.731.